The quantitative estimate of drug-likeness (QED) is 0.897. The lowest BCUT2D eigenvalue weighted by molar-refractivity contribution is -0.156. The van der Waals surface area contributed by atoms with E-state index in [1.54, 1.807) is 18.0 Å². The Hall–Kier alpha value is -1.07. The van der Waals surface area contributed by atoms with E-state index >= 15 is 0 Å². The van der Waals surface area contributed by atoms with Crippen LogP contribution in [0.4, 0.5) is 0 Å². The number of amides is 1. The average Bonchev–Trinajstić information content (AvgIpc) is 2.30. The number of carboxylic acids is 1. The second-order valence-electron chi connectivity index (χ2n) is 5.06. The molecule has 0 saturated heterocycles. The van der Waals surface area contributed by atoms with Crippen LogP contribution in [-0.4, -0.2) is 28.9 Å². The molecule has 20 heavy (non-hydrogen) atoms. The number of nitrogens with zero attached hydrogens (tertiary/aromatic N) is 1. The molecule has 1 aromatic rings. The van der Waals surface area contributed by atoms with Crippen LogP contribution in [0.2, 0.25) is 5.02 Å². The third-order valence-electron chi connectivity index (χ3n) is 3.71. The number of carboxylic acid groups (broad SMARTS) is 1. The van der Waals surface area contributed by atoms with Crippen LogP contribution < -0.4 is 0 Å². The van der Waals surface area contributed by atoms with Gasteiger partial charge in [0.05, 0.1) is 11.8 Å². The number of carbonyl (C=O) groups excluding carboxylic acids is 1. The SMILES string of the molecule is CN(Cc1ccc(Br)cc1Cl)C(=O)C1CCC1C(=O)O. The summed E-state index contributed by atoms with van der Waals surface area (Å²) in [4.78, 5) is 24.8. The van der Waals surface area contributed by atoms with Crippen molar-refractivity contribution in [2.75, 3.05) is 7.05 Å². The number of carbonyl (C=O) groups is 2. The minimum atomic E-state index is -0.885. The first-order valence-electron chi connectivity index (χ1n) is 6.32. The summed E-state index contributed by atoms with van der Waals surface area (Å²) in [5.41, 5.74) is 0.844. The molecule has 1 fully saturated rings. The van der Waals surface area contributed by atoms with Gasteiger partial charge in [-0.05, 0) is 30.5 Å². The maximum absolute atomic E-state index is 12.2. The monoisotopic (exact) mass is 359 g/mol. The Morgan fingerprint density at radius 3 is 2.55 bits per heavy atom. The molecule has 0 aliphatic heterocycles. The zero-order chi connectivity index (χ0) is 14.9. The molecule has 2 atom stereocenters. The molecule has 1 aliphatic rings. The van der Waals surface area contributed by atoms with E-state index in [0.717, 1.165) is 10.0 Å². The van der Waals surface area contributed by atoms with Crippen LogP contribution in [0, 0.1) is 11.8 Å². The van der Waals surface area contributed by atoms with Crippen molar-refractivity contribution in [3.05, 3.63) is 33.3 Å². The molecule has 0 bridgehead atoms. The molecule has 0 aromatic heterocycles. The molecular weight excluding hydrogens is 346 g/mol. The Labute approximate surface area is 130 Å². The number of rotatable bonds is 4. The van der Waals surface area contributed by atoms with Crippen molar-refractivity contribution < 1.29 is 14.7 Å². The number of hydrogen-bond acceptors (Lipinski definition) is 2. The molecule has 1 N–H and O–H groups in total. The van der Waals surface area contributed by atoms with Gasteiger partial charge < -0.3 is 10.0 Å². The van der Waals surface area contributed by atoms with Gasteiger partial charge in [-0.2, -0.15) is 0 Å². The van der Waals surface area contributed by atoms with Crippen LogP contribution in [0.1, 0.15) is 18.4 Å². The summed E-state index contributed by atoms with van der Waals surface area (Å²) >= 11 is 9.45. The van der Waals surface area contributed by atoms with Gasteiger partial charge >= 0.3 is 5.97 Å². The van der Waals surface area contributed by atoms with E-state index in [1.807, 2.05) is 12.1 Å². The zero-order valence-electron chi connectivity index (χ0n) is 11.0. The van der Waals surface area contributed by atoms with Crippen LogP contribution in [0.5, 0.6) is 0 Å². The van der Waals surface area contributed by atoms with Crippen molar-refractivity contribution in [3.8, 4) is 0 Å². The molecule has 1 aromatic carbocycles. The van der Waals surface area contributed by atoms with E-state index in [9.17, 15) is 9.59 Å². The van der Waals surface area contributed by atoms with Crippen molar-refractivity contribution in [2.45, 2.75) is 19.4 Å². The summed E-state index contributed by atoms with van der Waals surface area (Å²) in [6.45, 7) is 0.383. The summed E-state index contributed by atoms with van der Waals surface area (Å²) in [5.74, 6) is -1.94. The predicted octanol–water partition coefficient (Wildman–Crippen LogP) is 3.17. The smallest absolute Gasteiger partial charge is 0.307 e. The van der Waals surface area contributed by atoms with E-state index in [4.69, 9.17) is 16.7 Å². The van der Waals surface area contributed by atoms with Crippen molar-refractivity contribution >= 4 is 39.4 Å². The average molecular weight is 361 g/mol. The molecule has 0 heterocycles. The highest BCUT2D eigenvalue weighted by Crippen LogP contribution is 2.36. The number of halogens is 2. The molecule has 0 spiro atoms. The summed E-state index contributed by atoms with van der Waals surface area (Å²) in [6, 6.07) is 5.49. The Kier molecular flexibility index (Phi) is 4.70. The highest BCUT2D eigenvalue weighted by Gasteiger charge is 2.42. The lowest BCUT2D eigenvalue weighted by Gasteiger charge is -2.35. The second kappa shape index (κ2) is 6.14. The lowest BCUT2D eigenvalue weighted by atomic mass is 9.73. The summed E-state index contributed by atoms with van der Waals surface area (Å²) < 4.78 is 0.880. The maximum atomic E-state index is 12.2. The van der Waals surface area contributed by atoms with Crippen LogP contribution in [0.15, 0.2) is 22.7 Å². The van der Waals surface area contributed by atoms with Crippen LogP contribution in [0.3, 0.4) is 0 Å². The summed E-state index contributed by atoms with van der Waals surface area (Å²) in [5, 5.41) is 9.59. The molecule has 1 saturated carbocycles. The first-order chi connectivity index (χ1) is 9.40. The van der Waals surface area contributed by atoms with Gasteiger partial charge in [-0.15, -0.1) is 0 Å². The van der Waals surface area contributed by atoms with Gasteiger partial charge in [-0.3, -0.25) is 9.59 Å². The molecule has 2 rings (SSSR count). The number of hydrogen-bond donors (Lipinski definition) is 1. The highest BCUT2D eigenvalue weighted by atomic mass is 79.9. The number of benzene rings is 1. The van der Waals surface area contributed by atoms with Crippen molar-refractivity contribution in [2.24, 2.45) is 11.8 Å². The van der Waals surface area contributed by atoms with Crippen molar-refractivity contribution in [3.63, 3.8) is 0 Å². The Morgan fingerprint density at radius 2 is 2.05 bits per heavy atom. The first kappa shape index (κ1) is 15.3. The molecule has 0 radical (unpaired) electrons. The Morgan fingerprint density at radius 1 is 1.40 bits per heavy atom. The molecule has 2 unspecified atom stereocenters. The Bertz CT molecular complexity index is 549. The van der Waals surface area contributed by atoms with Crippen LogP contribution >= 0.6 is 27.5 Å². The largest absolute Gasteiger partial charge is 0.481 e. The third-order valence-corrected chi connectivity index (χ3v) is 4.55. The predicted molar refractivity (Wildman–Crippen MR) is 79.5 cm³/mol. The maximum Gasteiger partial charge on any atom is 0.307 e. The van der Waals surface area contributed by atoms with E-state index in [1.165, 1.54) is 0 Å². The second-order valence-corrected chi connectivity index (χ2v) is 6.38. The Balaban J connectivity index is 2.03. The van der Waals surface area contributed by atoms with E-state index in [-0.39, 0.29) is 5.91 Å². The van der Waals surface area contributed by atoms with Crippen LogP contribution in [0.25, 0.3) is 0 Å². The molecule has 108 valence electrons. The fourth-order valence-electron chi connectivity index (χ4n) is 2.36. The van der Waals surface area contributed by atoms with E-state index < -0.39 is 17.8 Å². The van der Waals surface area contributed by atoms with E-state index in [2.05, 4.69) is 15.9 Å². The van der Waals surface area contributed by atoms with Gasteiger partial charge in [0.15, 0.2) is 0 Å². The summed E-state index contributed by atoms with van der Waals surface area (Å²) in [7, 11) is 1.68. The van der Waals surface area contributed by atoms with Crippen LogP contribution in [-0.2, 0) is 16.1 Å². The van der Waals surface area contributed by atoms with Gasteiger partial charge in [0.2, 0.25) is 5.91 Å². The molecular formula is C14H15BrClNO3. The standard InChI is InChI=1S/C14H15BrClNO3/c1-17(7-8-2-3-9(15)6-12(8)16)13(18)10-4-5-11(10)14(19)20/h2-3,6,10-11H,4-5,7H2,1H3,(H,19,20). The van der Waals surface area contributed by atoms with E-state index in [0.29, 0.717) is 24.4 Å². The minimum Gasteiger partial charge on any atom is -0.481 e. The van der Waals surface area contributed by atoms with Gasteiger partial charge in [-0.25, -0.2) is 0 Å². The van der Waals surface area contributed by atoms with Crippen molar-refractivity contribution in [1.29, 1.82) is 0 Å². The lowest BCUT2D eigenvalue weighted by Crippen LogP contribution is -2.44. The topological polar surface area (TPSA) is 57.6 Å². The number of aliphatic carboxylic acids is 1. The summed E-state index contributed by atoms with van der Waals surface area (Å²) in [6.07, 6.45) is 1.23. The molecule has 1 aliphatic carbocycles. The van der Waals surface area contributed by atoms with Crippen molar-refractivity contribution in [1.82, 2.24) is 4.90 Å². The zero-order valence-corrected chi connectivity index (χ0v) is 13.3. The van der Waals surface area contributed by atoms with Gasteiger partial charge in [-0.1, -0.05) is 33.6 Å². The fourth-order valence-corrected chi connectivity index (χ4v) is 3.09. The molecule has 4 nitrogen and oxygen atoms in total. The highest BCUT2D eigenvalue weighted by molar-refractivity contribution is 9.10. The van der Waals surface area contributed by atoms with Gasteiger partial charge in [0, 0.05) is 23.1 Å². The fraction of sp³-hybridized carbons (Fsp3) is 0.429. The minimum absolute atomic E-state index is 0.123. The molecule has 6 heteroatoms. The van der Waals surface area contributed by atoms with Gasteiger partial charge in [0.1, 0.15) is 0 Å². The third kappa shape index (κ3) is 3.15. The van der Waals surface area contributed by atoms with Gasteiger partial charge in [0.25, 0.3) is 0 Å². The molecule has 1 amide bonds. The normalized spacial score (nSPS) is 21.1. The first-order valence-corrected chi connectivity index (χ1v) is 7.49.